The number of hydrogen-bond acceptors (Lipinski definition) is 2. The molecule has 0 saturated heterocycles. The zero-order valence-electron chi connectivity index (χ0n) is 8.83. The Labute approximate surface area is 81.4 Å². The molecule has 1 unspecified atom stereocenters. The Bertz CT molecular complexity index is 158. The van der Waals surface area contributed by atoms with Crippen LogP contribution in [0.1, 0.15) is 39.0 Å². The molecule has 0 aliphatic heterocycles. The predicted molar refractivity (Wildman–Crippen MR) is 56.4 cm³/mol. The van der Waals surface area contributed by atoms with Crippen molar-refractivity contribution in [3.05, 3.63) is 0 Å². The molecule has 1 fully saturated rings. The molecular weight excluding hydrogens is 162 g/mol. The smallest absolute Gasteiger partial charge is 0.0575 e. The van der Waals surface area contributed by atoms with E-state index in [0.717, 1.165) is 12.8 Å². The highest BCUT2D eigenvalue weighted by Crippen LogP contribution is 2.31. The molecule has 0 aromatic heterocycles. The zero-order valence-corrected chi connectivity index (χ0v) is 8.83. The van der Waals surface area contributed by atoms with E-state index < -0.39 is 0 Å². The van der Waals surface area contributed by atoms with Crippen LogP contribution in [0.15, 0.2) is 4.99 Å². The SMILES string of the molecule is C=NC1CC[C@@H](OC)C[C@H]1CCC. The minimum Gasteiger partial charge on any atom is -0.381 e. The molecule has 13 heavy (non-hydrogen) atoms. The van der Waals surface area contributed by atoms with Gasteiger partial charge in [-0.2, -0.15) is 0 Å². The lowest BCUT2D eigenvalue weighted by Crippen LogP contribution is -2.31. The van der Waals surface area contributed by atoms with E-state index in [1.807, 2.05) is 7.11 Å². The molecule has 0 radical (unpaired) electrons. The molecule has 1 saturated carbocycles. The molecule has 2 nitrogen and oxygen atoms in total. The van der Waals surface area contributed by atoms with Gasteiger partial charge in [0.05, 0.1) is 12.1 Å². The topological polar surface area (TPSA) is 21.6 Å². The van der Waals surface area contributed by atoms with Crippen molar-refractivity contribution in [3.8, 4) is 0 Å². The van der Waals surface area contributed by atoms with Gasteiger partial charge >= 0.3 is 0 Å². The van der Waals surface area contributed by atoms with Crippen molar-refractivity contribution in [2.75, 3.05) is 7.11 Å². The highest BCUT2D eigenvalue weighted by molar-refractivity contribution is 5.24. The summed E-state index contributed by atoms with van der Waals surface area (Å²) in [5.41, 5.74) is 0. The van der Waals surface area contributed by atoms with Gasteiger partial charge in [0, 0.05) is 7.11 Å². The van der Waals surface area contributed by atoms with Crippen LogP contribution in [-0.2, 0) is 4.74 Å². The molecule has 1 aliphatic rings. The summed E-state index contributed by atoms with van der Waals surface area (Å²) in [4.78, 5) is 4.21. The van der Waals surface area contributed by atoms with Crippen molar-refractivity contribution < 1.29 is 4.74 Å². The van der Waals surface area contributed by atoms with Gasteiger partial charge in [-0.05, 0) is 38.3 Å². The van der Waals surface area contributed by atoms with Crippen molar-refractivity contribution in [2.45, 2.75) is 51.2 Å². The quantitative estimate of drug-likeness (QED) is 0.614. The Balaban J connectivity index is 2.46. The first kappa shape index (κ1) is 10.7. The van der Waals surface area contributed by atoms with Gasteiger partial charge in [-0.25, -0.2) is 0 Å². The molecule has 76 valence electrons. The fraction of sp³-hybridized carbons (Fsp3) is 0.909. The van der Waals surface area contributed by atoms with Gasteiger partial charge in [0.2, 0.25) is 0 Å². The summed E-state index contributed by atoms with van der Waals surface area (Å²) in [6.45, 7) is 5.91. The first-order valence-electron chi connectivity index (χ1n) is 5.30. The van der Waals surface area contributed by atoms with Gasteiger partial charge in [0.15, 0.2) is 0 Å². The lowest BCUT2D eigenvalue weighted by molar-refractivity contribution is 0.0421. The molecule has 1 rings (SSSR count). The van der Waals surface area contributed by atoms with Crippen molar-refractivity contribution in [1.29, 1.82) is 0 Å². The Morgan fingerprint density at radius 2 is 2.23 bits per heavy atom. The van der Waals surface area contributed by atoms with E-state index in [9.17, 15) is 0 Å². The monoisotopic (exact) mass is 183 g/mol. The van der Waals surface area contributed by atoms with E-state index in [1.54, 1.807) is 0 Å². The third-order valence-corrected chi connectivity index (χ3v) is 3.12. The van der Waals surface area contributed by atoms with Gasteiger partial charge < -0.3 is 4.74 Å². The second kappa shape index (κ2) is 5.38. The van der Waals surface area contributed by atoms with Crippen LogP contribution >= 0.6 is 0 Å². The number of ether oxygens (including phenoxy) is 1. The summed E-state index contributed by atoms with van der Waals surface area (Å²) < 4.78 is 5.40. The molecule has 0 amide bonds. The van der Waals surface area contributed by atoms with Crippen molar-refractivity contribution in [3.63, 3.8) is 0 Å². The van der Waals surface area contributed by atoms with E-state index in [4.69, 9.17) is 4.74 Å². The molecular formula is C11H21NO. The normalized spacial score (nSPS) is 34.5. The molecule has 1 aliphatic carbocycles. The van der Waals surface area contributed by atoms with Crippen LogP contribution in [0.25, 0.3) is 0 Å². The van der Waals surface area contributed by atoms with E-state index in [0.29, 0.717) is 18.1 Å². The van der Waals surface area contributed by atoms with Crippen molar-refractivity contribution in [2.24, 2.45) is 10.9 Å². The van der Waals surface area contributed by atoms with Crippen LogP contribution in [0.5, 0.6) is 0 Å². The third kappa shape index (κ3) is 2.80. The van der Waals surface area contributed by atoms with Crippen LogP contribution in [-0.4, -0.2) is 26.0 Å². The second-order valence-corrected chi connectivity index (χ2v) is 3.97. The standard InChI is InChI=1S/C11H21NO/c1-4-5-9-8-10(13-3)6-7-11(9)12-2/h9-11H,2,4-8H2,1,3H3/t9-,10-,11?/m1/s1. The number of hydrogen-bond donors (Lipinski definition) is 0. The summed E-state index contributed by atoms with van der Waals surface area (Å²) in [6, 6.07) is 0.492. The van der Waals surface area contributed by atoms with Gasteiger partial charge in [-0.15, -0.1) is 0 Å². The lowest BCUT2D eigenvalue weighted by atomic mass is 9.80. The minimum absolute atomic E-state index is 0.467. The lowest BCUT2D eigenvalue weighted by Gasteiger charge is -2.33. The third-order valence-electron chi connectivity index (χ3n) is 3.12. The van der Waals surface area contributed by atoms with Crippen LogP contribution in [0, 0.1) is 5.92 Å². The molecule has 0 N–H and O–H groups in total. The fourth-order valence-electron chi connectivity index (χ4n) is 2.34. The maximum atomic E-state index is 5.40. The largest absolute Gasteiger partial charge is 0.381 e. The number of nitrogens with zero attached hydrogens (tertiary/aromatic N) is 1. The second-order valence-electron chi connectivity index (χ2n) is 3.97. The highest BCUT2D eigenvalue weighted by Gasteiger charge is 2.28. The van der Waals surface area contributed by atoms with E-state index in [-0.39, 0.29) is 0 Å². The zero-order chi connectivity index (χ0) is 9.68. The summed E-state index contributed by atoms with van der Waals surface area (Å²) >= 11 is 0. The number of aliphatic imine (C=N–C) groups is 1. The number of rotatable bonds is 4. The average Bonchev–Trinajstić information content (AvgIpc) is 2.18. The Morgan fingerprint density at radius 1 is 1.46 bits per heavy atom. The predicted octanol–water partition coefficient (Wildman–Crippen LogP) is 2.67. The first-order valence-corrected chi connectivity index (χ1v) is 5.30. The van der Waals surface area contributed by atoms with Gasteiger partial charge in [-0.3, -0.25) is 4.99 Å². The van der Waals surface area contributed by atoms with Gasteiger partial charge in [-0.1, -0.05) is 13.3 Å². The van der Waals surface area contributed by atoms with Crippen LogP contribution < -0.4 is 0 Å². The molecule has 3 atom stereocenters. The Kier molecular flexibility index (Phi) is 4.43. The summed E-state index contributed by atoms with van der Waals surface area (Å²) in [6.07, 6.45) is 6.46. The first-order chi connectivity index (χ1) is 6.31. The van der Waals surface area contributed by atoms with Crippen molar-refractivity contribution in [1.82, 2.24) is 0 Å². The summed E-state index contributed by atoms with van der Waals surface area (Å²) in [7, 11) is 1.81. The average molecular weight is 183 g/mol. The van der Waals surface area contributed by atoms with E-state index >= 15 is 0 Å². The summed E-state index contributed by atoms with van der Waals surface area (Å²) in [5.74, 6) is 0.709. The fourth-order valence-corrected chi connectivity index (χ4v) is 2.34. The van der Waals surface area contributed by atoms with Crippen LogP contribution in [0.4, 0.5) is 0 Å². The Morgan fingerprint density at radius 3 is 2.77 bits per heavy atom. The van der Waals surface area contributed by atoms with Crippen molar-refractivity contribution >= 4 is 6.72 Å². The van der Waals surface area contributed by atoms with Crippen LogP contribution in [0.3, 0.4) is 0 Å². The van der Waals surface area contributed by atoms with E-state index in [2.05, 4.69) is 18.6 Å². The maximum Gasteiger partial charge on any atom is 0.0575 e. The van der Waals surface area contributed by atoms with Gasteiger partial charge in [0.1, 0.15) is 0 Å². The minimum atomic E-state index is 0.467. The molecule has 0 aromatic carbocycles. The van der Waals surface area contributed by atoms with E-state index in [1.165, 1.54) is 19.3 Å². The molecule has 0 heterocycles. The van der Waals surface area contributed by atoms with Crippen LogP contribution in [0.2, 0.25) is 0 Å². The molecule has 0 aromatic rings. The molecule has 2 heteroatoms. The molecule has 0 spiro atoms. The molecule has 0 bridgehead atoms. The maximum absolute atomic E-state index is 5.40. The number of methoxy groups -OCH3 is 1. The highest BCUT2D eigenvalue weighted by atomic mass is 16.5. The Hall–Kier alpha value is -0.370. The van der Waals surface area contributed by atoms with Gasteiger partial charge in [0.25, 0.3) is 0 Å². The summed E-state index contributed by atoms with van der Waals surface area (Å²) in [5, 5.41) is 0.